The minimum atomic E-state index is -0.225. The summed E-state index contributed by atoms with van der Waals surface area (Å²) >= 11 is 0. The third-order valence-corrected chi connectivity index (χ3v) is 3.17. The summed E-state index contributed by atoms with van der Waals surface area (Å²) in [5, 5.41) is 5.68. The fraction of sp³-hybridized carbons (Fsp3) is 0.353. The molecule has 1 aromatic heterocycles. The number of hydrogen-bond acceptors (Lipinski definition) is 2. The van der Waals surface area contributed by atoms with Crippen LogP contribution in [0.1, 0.15) is 18.9 Å². The summed E-state index contributed by atoms with van der Waals surface area (Å²) in [6, 6.07) is 9.45. The van der Waals surface area contributed by atoms with Crippen molar-refractivity contribution in [3.05, 3.63) is 48.3 Å². The van der Waals surface area contributed by atoms with Crippen LogP contribution >= 0.6 is 0 Å². The Kier molecular flexibility index (Phi) is 5.89. The van der Waals surface area contributed by atoms with Gasteiger partial charge in [-0.05, 0) is 43.2 Å². The molecule has 2 amide bonds. The summed E-state index contributed by atoms with van der Waals surface area (Å²) in [6.45, 7) is 6.00. The van der Waals surface area contributed by atoms with Gasteiger partial charge in [-0.25, -0.2) is 4.79 Å². The predicted octanol–water partition coefficient (Wildman–Crippen LogP) is 3.41. The van der Waals surface area contributed by atoms with Crippen LogP contribution in [-0.4, -0.2) is 23.7 Å². The van der Waals surface area contributed by atoms with Crippen molar-refractivity contribution < 1.29 is 9.53 Å². The van der Waals surface area contributed by atoms with Crippen LogP contribution in [0.4, 0.5) is 10.5 Å². The highest BCUT2D eigenvalue weighted by Crippen LogP contribution is 2.25. The molecule has 0 spiro atoms. The van der Waals surface area contributed by atoms with Crippen LogP contribution in [0.2, 0.25) is 0 Å². The van der Waals surface area contributed by atoms with Gasteiger partial charge < -0.3 is 19.9 Å². The van der Waals surface area contributed by atoms with E-state index >= 15 is 0 Å². The molecule has 2 aromatic rings. The minimum Gasteiger partial charge on any atom is -0.491 e. The van der Waals surface area contributed by atoms with E-state index in [0.29, 0.717) is 24.6 Å². The summed E-state index contributed by atoms with van der Waals surface area (Å²) in [5.74, 6) is 0.711. The molecule has 5 nitrogen and oxygen atoms in total. The number of aryl methyl sites for hydroxylation is 1. The number of benzene rings is 1. The van der Waals surface area contributed by atoms with Crippen LogP contribution < -0.4 is 15.4 Å². The molecule has 1 aromatic carbocycles. The van der Waals surface area contributed by atoms with E-state index in [2.05, 4.69) is 17.6 Å². The molecule has 0 aliphatic carbocycles. The molecule has 118 valence electrons. The predicted molar refractivity (Wildman–Crippen MR) is 88.4 cm³/mol. The van der Waals surface area contributed by atoms with Gasteiger partial charge in [-0.1, -0.05) is 13.0 Å². The van der Waals surface area contributed by atoms with E-state index in [4.69, 9.17) is 4.74 Å². The maximum Gasteiger partial charge on any atom is 0.319 e. The first kappa shape index (κ1) is 15.9. The lowest BCUT2D eigenvalue weighted by atomic mass is 10.2. The fourth-order valence-corrected chi connectivity index (χ4v) is 2.05. The van der Waals surface area contributed by atoms with Crippen molar-refractivity contribution >= 4 is 11.7 Å². The van der Waals surface area contributed by atoms with Gasteiger partial charge >= 0.3 is 6.03 Å². The van der Waals surface area contributed by atoms with Gasteiger partial charge in [-0.15, -0.1) is 0 Å². The van der Waals surface area contributed by atoms with Gasteiger partial charge in [0.15, 0.2) is 0 Å². The normalized spacial score (nSPS) is 10.3. The molecule has 0 bridgehead atoms. The van der Waals surface area contributed by atoms with Gasteiger partial charge in [0.2, 0.25) is 0 Å². The number of nitrogens with zero attached hydrogens (tertiary/aromatic N) is 1. The molecular weight excluding hydrogens is 278 g/mol. The van der Waals surface area contributed by atoms with E-state index in [0.717, 1.165) is 18.5 Å². The second-order valence-electron chi connectivity index (χ2n) is 5.15. The number of nitrogens with one attached hydrogen (secondary N) is 2. The maximum atomic E-state index is 12.0. The molecule has 5 heteroatoms. The number of carbonyl (C=O) groups excluding carboxylic acids is 1. The Hall–Kier alpha value is -2.43. The number of urea groups is 1. The second-order valence-corrected chi connectivity index (χ2v) is 5.15. The first-order valence-corrected chi connectivity index (χ1v) is 7.58. The Morgan fingerprint density at radius 1 is 1.27 bits per heavy atom. The average Bonchev–Trinajstić information content (AvgIpc) is 3.01. The Morgan fingerprint density at radius 2 is 2.05 bits per heavy atom. The number of hydrogen-bond donors (Lipinski definition) is 2. The highest BCUT2D eigenvalue weighted by Gasteiger charge is 2.07. The SMILES string of the molecule is CCCOc1cc(C)ccc1NC(=O)NCCn1cccc1. The van der Waals surface area contributed by atoms with Crippen molar-refractivity contribution in [1.29, 1.82) is 0 Å². The summed E-state index contributed by atoms with van der Waals surface area (Å²) in [4.78, 5) is 12.0. The molecule has 0 aliphatic heterocycles. The summed E-state index contributed by atoms with van der Waals surface area (Å²) in [5.41, 5.74) is 1.79. The first-order valence-electron chi connectivity index (χ1n) is 7.58. The van der Waals surface area contributed by atoms with Crippen LogP contribution in [0.5, 0.6) is 5.75 Å². The summed E-state index contributed by atoms with van der Waals surface area (Å²) in [7, 11) is 0. The van der Waals surface area contributed by atoms with E-state index in [1.54, 1.807) is 0 Å². The Balaban J connectivity index is 1.87. The first-order chi connectivity index (χ1) is 10.7. The molecular formula is C17H23N3O2. The van der Waals surface area contributed by atoms with Gasteiger partial charge in [0, 0.05) is 25.5 Å². The summed E-state index contributed by atoms with van der Waals surface area (Å²) in [6.07, 6.45) is 4.86. The number of rotatable bonds is 7. The van der Waals surface area contributed by atoms with Gasteiger partial charge in [0.25, 0.3) is 0 Å². The molecule has 2 rings (SSSR count). The average molecular weight is 301 g/mol. The van der Waals surface area contributed by atoms with Crippen LogP contribution in [0.3, 0.4) is 0 Å². The van der Waals surface area contributed by atoms with Crippen molar-refractivity contribution in [1.82, 2.24) is 9.88 Å². The smallest absolute Gasteiger partial charge is 0.319 e. The van der Waals surface area contributed by atoms with Crippen molar-refractivity contribution in [2.45, 2.75) is 26.8 Å². The van der Waals surface area contributed by atoms with E-state index in [1.165, 1.54) is 0 Å². The largest absolute Gasteiger partial charge is 0.491 e. The van der Waals surface area contributed by atoms with Gasteiger partial charge in [-0.3, -0.25) is 0 Å². The Bertz CT molecular complexity index is 594. The topological polar surface area (TPSA) is 55.3 Å². The number of aromatic nitrogens is 1. The molecule has 0 saturated carbocycles. The third kappa shape index (κ3) is 4.84. The lowest BCUT2D eigenvalue weighted by molar-refractivity contribution is 0.251. The van der Waals surface area contributed by atoms with E-state index in [-0.39, 0.29) is 6.03 Å². The number of carbonyl (C=O) groups is 1. The Labute approximate surface area is 131 Å². The molecule has 1 heterocycles. The van der Waals surface area contributed by atoms with Gasteiger partial charge in [0.1, 0.15) is 5.75 Å². The second kappa shape index (κ2) is 8.12. The van der Waals surface area contributed by atoms with Crippen molar-refractivity contribution in [3.63, 3.8) is 0 Å². The van der Waals surface area contributed by atoms with Crippen LogP contribution in [0, 0.1) is 6.92 Å². The molecule has 0 radical (unpaired) electrons. The quantitative estimate of drug-likeness (QED) is 0.823. The summed E-state index contributed by atoms with van der Waals surface area (Å²) < 4.78 is 7.70. The molecule has 0 atom stereocenters. The zero-order chi connectivity index (χ0) is 15.8. The molecule has 2 N–H and O–H groups in total. The Morgan fingerprint density at radius 3 is 2.77 bits per heavy atom. The maximum absolute atomic E-state index is 12.0. The zero-order valence-corrected chi connectivity index (χ0v) is 13.1. The number of ether oxygens (including phenoxy) is 1. The monoisotopic (exact) mass is 301 g/mol. The zero-order valence-electron chi connectivity index (χ0n) is 13.1. The third-order valence-electron chi connectivity index (χ3n) is 3.17. The van der Waals surface area contributed by atoms with E-state index < -0.39 is 0 Å². The van der Waals surface area contributed by atoms with Crippen molar-refractivity contribution in [2.75, 3.05) is 18.5 Å². The molecule has 22 heavy (non-hydrogen) atoms. The highest BCUT2D eigenvalue weighted by atomic mass is 16.5. The van der Waals surface area contributed by atoms with Gasteiger partial charge in [-0.2, -0.15) is 0 Å². The standard InChI is InChI=1S/C17H23N3O2/c1-3-12-22-16-13-14(2)6-7-15(16)19-17(21)18-8-11-20-9-4-5-10-20/h4-7,9-10,13H,3,8,11-12H2,1-2H3,(H2,18,19,21). The molecule has 0 saturated heterocycles. The van der Waals surface area contributed by atoms with E-state index in [9.17, 15) is 4.79 Å². The molecule has 0 aliphatic rings. The highest BCUT2D eigenvalue weighted by molar-refractivity contribution is 5.90. The van der Waals surface area contributed by atoms with Crippen LogP contribution in [0.15, 0.2) is 42.7 Å². The van der Waals surface area contributed by atoms with Crippen molar-refractivity contribution in [3.8, 4) is 5.75 Å². The lowest BCUT2D eigenvalue weighted by Crippen LogP contribution is -2.31. The number of amides is 2. The lowest BCUT2D eigenvalue weighted by Gasteiger charge is -2.13. The van der Waals surface area contributed by atoms with Crippen LogP contribution in [0.25, 0.3) is 0 Å². The molecule has 0 unspecified atom stereocenters. The molecule has 0 fully saturated rings. The van der Waals surface area contributed by atoms with Crippen molar-refractivity contribution in [2.24, 2.45) is 0 Å². The van der Waals surface area contributed by atoms with Gasteiger partial charge in [0.05, 0.1) is 12.3 Å². The number of anilines is 1. The van der Waals surface area contributed by atoms with Crippen LogP contribution in [-0.2, 0) is 6.54 Å². The fourth-order valence-electron chi connectivity index (χ4n) is 2.05. The minimum absolute atomic E-state index is 0.225. The van der Waals surface area contributed by atoms with E-state index in [1.807, 2.05) is 54.2 Å².